The Bertz CT molecular complexity index is 2550. The average molecular weight is 574 g/mol. The summed E-state index contributed by atoms with van der Waals surface area (Å²) in [5, 5.41) is 6.76. The fourth-order valence-electron chi connectivity index (χ4n) is 5.91. The van der Waals surface area contributed by atoms with Gasteiger partial charge in [-0.25, -0.2) is 15.0 Å². The van der Waals surface area contributed by atoms with Gasteiger partial charge in [-0.05, 0) is 59.3 Å². The second-order valence-corrected chi connectivity index (χ2v) is 11.0. The molecule has 0 aliphatic rings. The summed E-state index contributed by atoms with van der Waals surface area (Å²) in [6, 6.07) is 40.4. The van der Waals surface area contributed by atoms with Crippen molar-refractivity contribution in [3.05, 3.63) is 126 Å². The highest BCUT2D eigenvalue weighted by Gasteiger charge is 2.21. The number of halogens is 1. The van der Waals surface area contributed by atoms with Crippen molar-refractivity contribution >= 4 is 66.3 Å². The first-order valence-corrected chi connectivity index (χ1v) is 14.3. The Labute approximate surface area is 250 Å². The van der Waals surface area contributed by atoms with Crippen LogP contribution in [0.2, 0.25) is 5.02 Å². The third-order valence-corrected chi connectivity index (χ3v) is 8.31. The van der Waals surface area contributed by atoms with Crippen molar-refractivity contribution in [2.24, 2.45) is 0 Å². The molecule has 0 saturated heterocycles. The highest BCUT2D eigenvalue weighted by Crippen LogP contribution is 2.40. The van der Waals surface area contributed by atoms with Crippen LogP contribution in [0.5, 0.6) is 0 Å². The summed E-state index contributed by atoms with van der Waals surface area (Å²) >= 11 is 6.90. The predicted octanol–water partition coefficient (Wildman–Crippen LogP) is 10.5. The fraction of sp³-hybridized carbons (Fsp3) is 0. The van der Waals surface area contributed by atoms with Gasteiger partial charge in [-0.3, -0.25) is 0 Å². The van der Waals surface area contributed by atoms with E-state index in [0.29, 0.717) is 33.6 Å². The van der Waals surface area contributed by atoms with Gasteiger partial charge in [0.05, 0.1) is 10.6 Å². The van der Waals surface area contributed by atoms with E-state index in [4.69, 9.17) is 35.4 Å². The lowest BCUT2D eigenvalue weighted by molar-refractivity contribution is 0.669. The molecule has 5 nitrogen and oxygen atoms in total. The van der Waals surface area contributed by atoms with Gasteiger partial charge in [0.2, 0.25) is 0 Å². The van der Waals surface area contributed by atoms with Gasteiger partial charge >= 0.3 is 0 Å². The number of para-hydroxylation sites is 2. The van der Waals surface area contributed by atoms with Gasteiger partial charge in [-0.15, -0.1) is 0 Å². The first-order valence-electron chi connectivity index (χ1n) is 14.0. The summed E-state index contributed by atoms with van der Waals surface area (Å²) in [4.78, 5) is 15.0. The van der Waals surface area contributed by atoms with E-state index < -0.39 is 0 Å². The van der Waals surface area contributed by atoms with Crippen LogP contribution in [0.3, 0.4) is 0 Å². The SMILES string of the molecule is Clc1ccc2c(oc3ccccc32)c1-c1nc(-c2ccc3ccccc3c2)nc(-c2ccc3oc4ccccc4c3c2)n1. The molecule has 0 spiro atoms. The second-order valence-electron chi connectivity index (χ2n) is 10.6. The summed E-state index contributed by atoms with van der Waals surface area (Å²) in [7, 11) is 0. The minimum atomic E-state index is 0.444. The lowest BCUT2D eigenvalue weighted by Crippen LogP contribution is -2.01. The van der Waals surface area contributed by atoms with Crippen LogP contribution in [0, 0.1) is 0 Å². The first kappa shape index (κ1) is 24.1. The van der Waals surface area contributed by atoms with Crippen molar-refractivity contribution < 1.29 is 8.83 Å². The molecule has 3 aromatic heterocycles. The van der Waals surface area contributed by atoms with Crippen LogP contribution in [0.4, 0.5) is 0 Å². The molecule has 3 heterocycles. The van der Waals surface area contributed by atoms with Gasteiger partial charge in [0.25, 0.3) is 0 Å². The van der Waals surface area contributed by atoms with Crippen LogP contribution in [-0.4, -0.2) is 15.0 Å². The molecule has 0 aliphatic heterocycles. The second kappa shape index (κ2) is 9.24. The van der Waals surface area contributed by atoms with Crippen LogP contribution < -0.4 is 0 Å². The Morgan fingerprint density at radius 1 is 0.442 bits per heavy atom. The number of nitrogens with zero attached hydrogens (tertiary/aromatic N) is 3. The molecular weight excluding hydrogens is 554 g/mol. The largest absolute Gasteiger partial charge is 0.456 e. The van der Waals surface area contributed by atoms with E-state index in [1.807, 2.05) is 84.9 Å². The van der Waals surface area contributed by atoms with Crippen LogP contribution in [0.15, 0.2) is 130 Å². The molecule has 0 unspecified atom stereocenters. The van der Waals surface area contributed by atoms with Gasteiger partial charge < -0.3 is 8.83 Å². The van der Waals surface area contributed by atoms with Crippen molar-refractivity contribution in [2.45, 2.75) is 0 Å². The smallest absolute Gasteiger partial charge is 0.169 e. The molecule has 9 rings (SSSR count). The number of rotatable bonds is 3. The Hall–Kier alpha value is -5.52. The molecule has 6 heteroatoms. The topological polar surface area (TPSA) is 65.0 Å². The zero-order valence-electron chi connectivity index (χ0n) is 22.6. The quantitative estimate of drug-likeness (QED) is 0.210. The lowest BCUT2D eigenvalue weighted by Gasteiger charge is -2.10. The summed E-state index contributed by atoms with van der Waals surface area (Å²) in [6.07, 6.45) is 0. The van der Waals surface area contributed by atoms with Crippen molar-refractivity contribution in [2.75, 3.05) is 0 Å². The minimum absolute atomic E-state index is 0.444. The Kier molecular flexibility index (Phi) is 5.18. The molecule has 43 heavy (non-hydrogen) atoms. The van der Waals surface area contributed by atoms with Gasteiger partial charge in [-0.2, -0.15) is 0 Å². The van der Waals surface area contributed by atoms with Gasteiger partial charge in [0.15, 0.2) is 17.5 Å². The molecule has 0 atom stereocenters. The summed E-state index contributed by atoms with van der Waals surface area (Å²) in [5.41, 5.74) is 5.43. The maximum absolute atomic E-state index is 6.90. The first-order chi connectivity index (χ1) is 21.2. The normalized spacial score (nSPS) is 11.8. The lowest BCUT2D eigenvalue weighted by atomic mass is 10.1. The molecule has 0 N–H and O–H groups in total. The number of benzene rings is 6. The molecular formula is C37H20ClN3O2. The zero-order valence-corrected chi connectivity index (χ0v) is 23.3. The summed E-state index contributed by atoms with van der Waals surface area (Å²) in [6.45, 7) is 0. The summed E-state index contributed by atoms with van der Waals surface area (Å²) < 4.78 is 12.4. The van der Waals surface area contributed by atoms with E-state index >= 15 is 0 Å². The molecule has 202 valence electrons. The molecule has 0 saturated carbocycles. The van der Waals surface area contributed by atoms with Gasteiger partial charge in [-0.1, -0.05) is 84.4 Å². The van der Waals surface area contributed by atoms with Crippen molar-refractivity contribution in [1.82, 2.24) is 15.0 Å². The zero-order chi connectivity index (χ0) is 28.5. The van der Waals surface area contributed by atoms with Crippen LogP contribution >= 0.6 is 11.6 Å². The fourth-order valence-corrected chi connectivity index (χ4v) is 6.15. The van der Waals surface area contributed by atoms with Gasteiger partial charge in [0.1, 0.15) is 22.3 Å². The number of furan rings is 2. The minimum Gasteiger partial charge on any atom is -0.456 e. The predicted molar refractivity (Wildman–Crippen MR) is 173 cm³/mol. The number of hydrogen-bond acceptors (Lipinski definition) is 5. The number of fused-ring (bicyclic) bond motifs is 7. The van der Waals surface area contributed by atoms with Crippen LogP contribution in [0.25, 0.3) is 88.8 Å². The molecule has 0 amide bonds. The highest BCUT2D eigenvalue weighted by molar-refractivity contribution is 6.35. The third-order valence-electron chi connectivity index (χ3n) is 8.00. The van der Waals surface area contributed by atoms with E-state index in [1.165, 1.54) is 0 Å². The molecule has 0 aliphatic carbocycles. The molecule has 0 radical (unpaired) electrons. The van der Waals surface area contributed by atoms with Crippen LogP contribution in [0.1, 0.15) is 0 Å². The van der Waals surface area contributed by atoms with Crippen molar-refractivity contribution in [1.29, 1.82) is 0 Å². The maximum Gasteiger partial charge on any atom is 0.169 e. The van der Waals surface area contributed by atoms with Crippen molar-refractivity contribution in [3.63, 3.8) is 0 Å². The van der Waals surface area contributed by atoms with Crippen LogP contribution in [-0.2, 0) is 0 Å². The summed E-state index contributed by atoms with van der Waals surface area (Å²) in [5.74, 6) is 1.52. The van der Waals surface area contributed by atoms with E-state index in [1.54, 1.807) is 0 Å². The molecule has 6 aromatic carbocycles. The highest BCUT2D eigenvalue weighted by atomic mass is 35.5. The average Bonchev–Trinajstić information content (AvgIpc) is 3.62. The van der Waals surface area contributed by atoms with E-state index in [-0.39, 0.29) is 0 Å². The molecule has 9 aromatic rings. The van der Waals surface area contributed by atoms with E-state index in [9.17, 15) is 0 Å². The number of aromatic nitrogens is 3. The Morgan fingerprint density at radius 3 is 1.86 bits per heavy atom. The third kappa shape index (κ3) is 3.83. The van der Waals surface area contributed by atoms with E-state index in [0.717, 1.165) is 60.2 Å². The number of hydrogen-bond donors (Lipinski definition) is 0. The van der Waals surface area contributed by atoms with Gasteiger partial charge in [0, 0.05) is 32.7 Å². The molecule has 0 fully saturated rings. The standard InChI is InChI=1S/C37H20ClN3O2/c38-29-17-16-27-25-9-3-6-12-31(25)43-34(27)33(29)37-40-35(23-14-13-21-7-1-2-8-22(21)19-23)39-36(41-37)24-15-18-32-28(20-24)26-10-4-5-11-30(26)42-32/h1-20H. The monoisotopic (exact) mass is 573 g/mol. The Balaban J connectivity index is 1.32. The van der Waals surface area contributed by atoms with Crippen molar-refractivity contribution in [3.8, 4) is 34.2 Å². The maximum atomic E-state index is 6.90. The molecule has 0 bridgehead atoms. The van der Waals surface area contributed by atoms with E-state index in [2.05, 4.69) is 36.4 Å². The Morgan fingerprint density at radius 2 is 1.05 bits per heavy atom.